The van der Waals surface area contributed by atoms with Crippen LogP contribution in [0.4, 0.5) is 0 Å². The second-order valence-electron chi connectivity index (χ2n) is 6.67. The molecule has 1 saturated heterocycles. The number of benzene rings is 1. The first-order valence-electron chi connectivity index (χ1n) is 9.34. The maximum atomic E-state index is 12.8. The Balaban J connectivity index is 0.00000225. The number of hydrogen-bond donors (Lipinski definition) is 0. The third-order valence-electron chi connectivity index (χ3n) is 4.80. The van der Waals surface area contributed by atoms with Gasteiger partial charge in [0.15, 0.2) is 17.3 Å². The molecule has 1 fully saturated rings. The summed E-state index contributed by atoms with van der Waals surface area (Å²) in [7, 11) is 0. The predicted molar refractivity (Wildman–Crippen MR) is 113 cm³/mol. The Morgan fingerprint density at radius 3 is 2.71 bits per heavy atom. The molecule has 28 heavy (non-hydrogen) atoms. The molecule has 5 nitrogen and oxygen atoms in total. The molecular formula is C21H24ClNO4S. The Bertz CT molecular complexity index is 816. The van der Waals surface area contributed by atoms with E-state index in [1.54, 1.807) is 29.5 Å². The largest absolute Gasteiger partial charge is 0.491 e. The normalized spacial score (nSPS) is 16.1. The summed E-state index contributed by atoms with van der Waals surface area (Å²) in [6.07, 6.45) is 7.23. The van der Waals surface area contributed by atoms with Gasteiger partial charge in [-0.3, -0.25) is 9.69 Å². The van der Waals surface area contributed by atoms with Crippen LogP contribution in [0.1, 0.15) is 34.5 Å². The highest BCUT2D eigenvalue weighted by molar-refractivity contribution is 7.10. The highest BCUT2D eigenvalue weighted by atomic mass is 35.5. The van der Waals surface area contributed by atoms with Crippen LogP contribution in [0.15, 0.2) is 35.7 Å². The molecule has 0 atom stereocenters. The lowest BCUT2D eigenvalue weighted by molar-refractivity contribution is 0.104. The number of carbonyl (C=O) groups excluding carboxylic acids is 1. The van der Waals surface area contributed by atoms with E-state index in [2.05, 4.69) is 4.90 Å². The van der Waals surface area contributed by atoms with Crippen LogP contribution in [0, 0.1) is 0 Å². The van der Waals surface area contributed by atoms with Gasteiger partial charge in [-0.05, 0) is 55.6 Å². The van der Waals surface area contributed by atoms with E-state index in [4.69, 9.17) is 14.2 Å². The van der Waals surface area contributed by atoms with Gasteiger partial charge in [0.05, 0.1) is 5.56 Å². The summed E-state index contributed by atoms with van der Waals surface area (Å²) < 4.78 is 16.9. The fourth-order valence-corrected chi connectivity index (χ4v) is 3.95. The molecule has 0 amide bonds. The molecule has 3 heterocycles. The van der Waals surface area contributed by atoms with Crippen molar-refractivity contribution in [2.75, 3.05) is 33.0 Å². The second-order valence-corrected chi connectivity index (χ2v) is 7.64. The number of rotatable bonds is 7. The minimum absolute atomic E-state index is 0. The summed E-state index contributed by atoms with van der Waals surface area (Å²) >= 11 is 1.59. The van der Waals surface area contributed by atoms with E-state index in [1.807, 2.05) is 23.6 Å². The summed E-state index contributed by atoms with van der Waals surface area (Å²) in [4.78, 5) is 16.2. The van der Waals surface area contributed by atoms with Crippen molar-refractivity contribution in [1.29, 1.82) is 0 Å². The van der Waals surface area contributed by atoms with Crippen LogP contribution in [-0.2, 0) is 0 Å². The summed E-state index contributed by atoms with van der Waals surface area (Å²) in [5, 5.41) is 1.99. The van der Waals surface area contributed by atoms with E-state index < -0.39 is 0 Å². The van der Waals surface area contributed by atoms with Gasteiger partial charge < -0.3 is 14.2 Å². The van der Waals surface area contributed by atoms with Gasteiger partial charge in [0.2, 0.25) is 6.79 Å². The fourth-order valence-electron chi connectivity index (χ4n) is 3.34. The van der Waals surface area contributed by atoms with Gasteiger partial charge in [0, 0.05) is 17.5 Å². The molecule has 0 saturated carbocycles. The van der Waals surface area contributed by atoms with Crippen molar-refractivity contribution in [3.05, 3.63) is 46.2 Å². The number of hydrogen-bond acceptors (Lipinski definition) is 6. The van der Waals surface area contributed by atoms with Crippen LogP contribution in [0.5, 0.6) is 17.2 Å². The van der Waals surface area contributed by atoms with Crippen LogP contribution in [-0.4, -0.2) is 43.7 Å². The Morgan fingerprint density at radius 1 is 1.18 bits per heavy atom. The summed E-state index contributed by atoms with van der Waals surface area (Å²) in [5.41, 5.74) is 0.505. The van der Waals surface area contributed by atoms with Crippen molar-refractivity contribution < 1.29 is 19.0 Å². The molecule has 7 heteroatoms. The minimum atomic E-state index is -0.102. The average Bonchev–Trinajstić information content (AvgIpc) is 3.37. The number of allylic oxidation sites excluding steroid dienone is 1. The van der Waals surface area contributed by atoms with Gasteiger partial charge in [-0.2, -0.15) is 0 Å². The lowest BCUT2D eigenvalue weighted by Gasteiger charge is -2.26. The summed E-state index contributed by atoms with van der Waals surface area (Å²) in [5.74, 6) is 1.67. The number of ether oxygens (including phenoxy) is 3. The second kappa shape index (κ2) is 9.96. The third-order valence-corrected chi connectivity index (χ3v) is 5.63. The van der Waals surface area contributed by atoms with Crippen molar-refractivity contribution in [3.63, 3.8) is 0 Å². The molecule has 1 aromatic heterocycles. The van der Waals surface area contributed by atoms with Crippen molar-refractivity contribution in [3.8, 4) is 17.2 Å². The first-order valence-corrected chi connectivity index (χ1v) is 10.2. The monoisotopic (exact) mass is 421 g/mol. The van der Waals surface area contributed by atoms with E-state index in [9.17, 15) is 4.79 Å². The molecule has 2 aromatic rings. The Hall–Kier alpha value is -2.02. The molecule has 0 aliphatic carbocycles. The molecule has 2 aliphatic heterocycles. The Morgan fingerprint density at radius 2 is 1.96 bits per heavy atom. The molecule has 4 rings (SSSR count). The number of halogens is 1. The number of ketones is 1. The van der Waals surface area contributed by atoms with Crippen LogP contribution in [0.3, 0.4) is 0 Å². The zero-order valence-corrected chi connectivity index (χ0v) is 17.2. The molecule has 2 aliphatic rings. The number of thiophene rings is 1. The number of piperidine rings is 1. The molecule has 0 N–H and O–H groups in total. The molecule has 0 unspecified atom stereocenters. The topological polar surface area (TPSA) is 48.0 Å². The average molecular weight is 422 g/mol. The Kier molecular flexibility index (Phi) is 7.36. The predicted octanol–water partition coefficient (Wildman–Crippen LogP) is 4.66. The van der Waals surface area contributed by atoms with E-state index in [0.29, 0.717) is 29.4 Å². The smallest absolute Gasteiger partial charge is 0.231 e. The molecule has 0 bridgehead atoms. The molecule has 1 aromatic carbocycles. The van der Waals surface area contributed by atoms with Crippen LogP contribution in [0.2, 0.25) is 0 Å². The van der Waals surface area contributed by atoms with E-state index in [-0.39, 0.29) is 25.0 Å². The lowest BCUT2D eigenvalue weighted by atomic mass is 10.1. The first kappa shape index (κ1) is 20.7. The molecular weight excluding hydrogens is 398 g/mol. The standard InChI is InChI=1S/C21H23NO4S.ClH/c23-18(7-6-16-5-4-12-27-16)17-13-20-21(26-15-25-20)14-19(17)24-11-10-22-8-2-1-3-9-22;/h4-7,12-14H,1-3,8-11,15H2;1H. The Labute approximate surface area is 175 Å². The third kappa shape index (κ3) is 5.07. The number of carbonyl (C=O) groups is 1. The number of fused-ring (bicyclic) bond motifs is 1. The molecule has 0 radical (unpaired) electrons. The van der Waals surface area contributed by atoms with Gasteiger partial charge in [-0.15, -0.1) is 23.7 Å². The van der Waals surface area contributed by atoms with Crippen LogP contribution in [0.25, 0.3) is 6.08 Å². The van der Waals surface area contributed by atoms with Crippen LogP contribution < -0.4 is 14.2 Å². The van der Waals surface area contributed by atoms with Crippen molar-refractivity contribution >= 4 is 35.6 Å². The van der Waals surface area contributed by atoms with Gasteiger partial charge in [0.1, 0.15) is 12.4 Å². The van der Waals surface area contributed by atoms with Gasteiger partial charge in [-0.1, -0.05) is 12.5 Å². The van der Waals surface area contributed by atoms with Crippen molar-refractivity contribution in [2.24, 2.45) is 0 Å². The maximum absolute atomic E-state index is 12.8. The van der Waals surface area contributed by atoms with Gasteiger partial charge >= 0.3 is 0 Å². The highest BCUT2D eigenvalue weighted by Gasteiger charge is 2.21. The fraction of sp³-hybridized carbons (Fsp3) is 0.381. The zero-order chi connectivity index (χ0) is 18.5. The van der Waals surface area contributed by atoms with Crippen LogP contribution >= 0.6 is 23.7 Å². The summed E-state index contributed by atoms with van der Waals surface area (Å²) in [6.45, 7) is 3.84. The SMILES string of the molecule is Cl.O=C(C=Cc1cccs1)c1cc2c(cc1OCCN1CCCCC1)OCO2. The van der Waals surface area contributed by atoms with E-state index >= 15 is 0 Å². The summed E-state index contributed by atoms with van der Waals surface area (Å²) in [6, 6.07) is 7.43. The molecule has 150 valence electrons. The molecule has 0 spiro atoms. The lowest BCUT2D eigenvalue weighted by Crippen LogP contribution is -2.33. The van der Waals surface area contributed by atoms with Crippen molar-refractivity contribution in [1.82, 2.24) is 4.90 Å². The van der Waals surface area contributed by atoms with E-state index in [0.717, 1.165) is 24.5 Å². The quantitative estimate of drug-likeness (QED) is 0.480. The highest BCUT2D eigenvalue weighted by Crippen LogP contribution is 2.38. The minimum Gasteiger partial charge on any atom is -0.491 e. The van der Waals surface area contributed by atoms with Crippen molar-refractivity contribution in [2.45, 2.75) is 19.3 Å². The van der Waals surface area contributed by atoms with Gasteiger partial charge in [0.25, 0.3) is 0 Å². The maximum Gasteiger partial charge on any atom is 0.231 e. The number of nitrogens with zero attached hydrogens (tertiary/aromatic N) is 1. The first-order chi connectivity index (χ1) is 13.3. The van der Waals surface area contributed by atoms with E-state index in [1.165, 1.54) is 19.3 Å². The van der Waals surface area contributed by atoms with Gasteiger partial charge in [-0.25, -0.2) is 0 Å². The number of likely N-dealkylation sites (tertiary alicyclic amines) is 1. The zero-order valence-electron chi connectivity index (χ0n) is 15.6.